The molecule has 0 unspecified atom stereocenters. The molecule has 0 saturated carbocycles. The molecule has 0 heterocycles. The van der Waals surface area contributed by atoms with Crippen LogP contribution in [0.1, 0.15) is 49.7 Å². The minimum Gasteiger partial charge on any atom is -0.313 e. The Kier molecular flexibility index (Phi) is 10.8. The zero-order chi connectivity index (χ0) is 18.5. The van der Waals surface area contributed by atoms with Gasteiger partial charge in [-0.25, -0.2) is 0 Å². The van der Waals surface area contributed by atoms with Gasteiger partial charge in [-0.05, 0) is 61.3 Å². The first-order valence-corrected chi connectivity index (χ1v) is 10.4. The highest BCUT2D eigenvalue weighted by molar-refractivity contribution is 6.30. The van der Waals surface area contributed by atoms with Crippen molar-refractivity contribution in [1.29, 1.82) is 0 Å². The van der Waals surface area contributed by atoms with Crippen molar-refractivity contribution in [2.24, 2.45) is 0 Å². The first-order chi connectivity index (χ1) is 12.7. The lowest BCUT2D eigenvalue weighted by Crippen LogP contribution is -2.15. The van der Waals surface area contributed by atoms with Crippen LogP contribution >= 0.6 is 23.2 Å². The summed E-state index contributed by atoms with van der Waals surface area (Å²) in [5.74, 6) is 0. The molecular weight excluding hydrogens is 363 g/mol. The number of hydrogen-bond acceptors (Lipinski definition) is 2. The normalized spacial score (nSPS) is 11.0. The Labute approximate surface area is 168 Å². The number of rotatable bonds is 13. The van der Waals surface area contributed by atoms with E-state index in [4.69, 9.17) is 23.2 Å². The van der Waals surface area contributed by atoms with Crippen molar-refractivity contribution in [2.45, 2.75) is 51.6 Å². The van der Waals surface area contributed by atoms with Gasteiger partial charge in [0.1, 0.15) is 0 Å². The smallest absolute Gasteiger partial charge is 0.0406 e. The molecule has 0 saturated heterocycles. The van der Waals surface area contributed by atoms with Gasteiger partial charge in [-0.1, -0.05) is 73.2 Å². The van der Waals surface area contributed by atoms with Crippen LogP contribution in [-0.2, 0) is 13.1 Å². The first-order valence-electron chi connectivity index (χ1n) is 9.64. The van der Waals surface area contributed by atoms with Gasteiger partial charge in [0.05, 0.1) is 0 Å². The molecule has 2 aromatic carbocycles. The molecule has 26 heavy (non-hydrogen) atoms. The third kappa shape index (κ3) is 9.59. The predicted octanol–water partition coefficient (Wildman–Crippen LogP) is 6.21. The Morgan fingerprint density at radius 2 is 0.846 bits per heavy atom. The molecule has 0 atom stereocenters. The summed E-state index contributed by atoms with van der Waals surface area (Å²) in [6.07, 6.45) is 7.79. The predicted molar refractivity (Wildman–Crippen MR) is 114 cm³/mol. The van der Waals surface area contributed by atoms with Crippen LogP contribution in [0, 0.1) is 0 Å². The quantitative estimate of drug-likeness (QED) is 0.395. The van der Waals surface area contributed by atoms with E-state index in [2.05, 4.69) is 34.9 Å². The molecule has 0 spiro atoms. The maximum Gasteiger partial charge on any atom is 0.0406 e. The molecule has 0 aromatic heterocycles. The van der Waals surface area contributed by atoms with Crippen LogP contribution in [0.15, 0.2) is 48.5 Å². The summed E-state index contributed by atoms with van der Waals surface area (Å²) < 4.78 is 0. The minimum atomic E-state index is 0.800. The van der Waals surface area contributed by atoms with Gasteiger partial charge in [-0.3, -0.25) is 0 Å². The first kappa shape index (κ1) is 21.2. The van der Waals surface area contributed by atoms with Crippen molar-refractivity contribution in [2.75, 3.05) is 13.1 Å². The second kappa shape index (κ2) is 13.2. The lowest BCUT2D eigenvalue weighted by Gasteiger charge is -2.06. The van der Waals surface area contributed by atoms with E-state index in [0.29, 0.717) is 0 Å². The lowest BCUT2D eigenvalue weighted by molar-refractivity contribution is 0.549. The van der Waals surface area contributed by atoms with E-state index in [1.807, 2.05) is 24.3 Å². The summed E-state index contributed by atoms with van der Waals surface area (Å²) >= 11 is 11.8. The third-order valence-electron chi connectivity index (χ3n) is 4.44. The molecule has 2 N–H and O–H groups in total. The zero-order valence-electron chi connectivity index (χ0n) is 15.4. The molecule has 0 aliphatic heterocycles. The standard InChI is InChI=1S/C22H30Cl2N2/c23-21-11-7-19(8-12-21)17-25-15-5-3-1-2-4-6-16-26-18-20-9-13-22(24)14-10-20/h7-14,25-26H,1-6,15-18H2. The van der Waals surface area contributed by atoms with E-state index in [9.17, 15) is 0 Å². The third-order valence-corrected chi connectivity index (χ3v) is 4.95. The van der Waals surface area contributed by atoms with Crippen LogP contribution in [0.4, 0.5) is 0 Å². The Morgan fingerprint density at radius 3 is 1.23 bits per heavy atom. The van der Waals surface area contributed by atoms with Crippen molar-refractivity contribution in [3.63, 3.8) is 0 Å². The van der Waals surface area contributed by atoms with Gasteiger partial charge in [0, 0.05) is 23.1 Å². The number of hydrogen-bond donors (Lipinski definition) is 2. The molecule has 2 nitrogen and oxygen atoms in total. The van der Waals surface area contributed by atoms with Gasteiger partial charge < -0.3 is 10.6 Å². The molecule has 0 radical (unpaired) electrons. The number of unbranched alkanes of at least 4 members (excludes halogenated alkanes) is 5. The van der Waals surface area contributed by atoms with Crippen molar-refractivity contribution < 1.29 is 0 Å². The molecular formula is C22H30Cl2N2. The molecule has 2 rings (SSSR count). The van der Waals surface area contributed by atoms with Crippen LogP contribution in [-0.4, -0.2) is 13.1 Å². The maximum absolute atomic E-state index is 5.89. The summed E-state index contributed by atoms with van der Waals surface area (Å²) in [6, 6.07) is 16.1. The van der Waals surface area contributed by atoms with Gasteiger partial charge >= 0.3 is 0 Å². The van der Waals surface area contributed by atoms with E-state index < -0.39 is 0 Å². The van der Waals surface area contributed by atoms with Crippen LogP contribution in [0.25, 0.3) is 0 Å². The van der Waals surface area contributed by atoms with Gasteiger partial charge in [0.25, 0.3) is 0 Å². The maximum atomic E-state index is 5.89. The summed E-state index contributed by atoms with van der Waals surface area (Å²) in [5, 5.41) is 8.60. The van der Waals surface area contributed by atoms with E-state index in [1.54, 1.807) is 0 Å². The lowest BCUT2D eigenvalue weighted by atomic mass is 10.1. The van der Waals surface area contributed by atoms with Crippen molar-refractivity contribution in [3.05, 3.63) is 69.7 Å². The Bertz CT molecular complexity index is 541. The molecule has 0 aliphatic carbocycles. The highest BCUT2D eigenvalue weighted by atomic mass is 35.5. The Balaban J connectivity index is 1.35. The van der Waals surface area contributed by atoms with Crippen LogP contribution in [0.2, 0.25) is 10.0 Å². The largest absolute Gasteiger partial charge is 0.313 e. The van der Waals surface area contributed by atoms with E-state index in [1.165, 1.54) is 49.7 Å². The molecule has 2 aromatic rings. The van der Waals surface area contributed by atoms with E-state index in [0.717, 1.165) is 36.2 Å². The average Bonchev–Trinajstić information content (AvgIpc) is 2.65. The molecule has 0 amide bonds. The molecule has 142 valence electrons. The monoisotopic (exact) mass is 392 g/mol. The van der Waals surface area contributed by atoms with Gasteiger partial charge in [0.15, 0.2) is 0 Å². The SMILES string of the molecule is Clc1ccc(CNCCCCCCCCNCc2ccc(Cl)cc2)cc1. The fraction of sp³-hybridized carbons (Fsp3) is 0.455. The topological polar surface area (TPSA) is 24.1 Å². The molecule has 4 heteroatoms. The Hall–Kier alpha value is -1.06. The van der Waals surface area contributed by atoms with Crippen molar-refractivity contribution >= 4 is 23.2 Å². The summed E-state index contributed by atoms with van der Waals surface area (Å²) in [7, 11) is 0. The second-order valence-electron chi connectivity index (χ2n) is 6.73. The molecule has 0 aliphatic rings. The average molecular weight is 393 g/mol. The summed E-state index contributed by atoms with van der Waals surface area (Å²) in [5.41, 5.74) is 2.58. The van der Waals surface area contributed by atoms with E-state index >= 15 is 0 Å². The van der Waals surface area contributed by atoms with Crippen LogP contribution in [0.3, 0.4) is 0 Å². The van der Waals surface area contributed by atoms with Gasteiger partial charge in [0.2, 0.25) is 0 Å². The highest BCUT2D eigenvalue weighted by Crippen LogP contribution is 2.10. The van der Waals surface area contributed by atoms with E-state index in [-0.39, 0.29) is 0 Å². The van der Waals surface area contributed by atoms with Crippen LogP contribution < -0.4 is 10.6 Å². The Morgan fingerprint density at radius 1 is 0.500 bits per heavy atom. The fourth-order valence-electron chi connectivity index (χ4n) is 2.88. The summed E-state index contributed by atoms with van der Waals surface area (Å²) in [6.45, 7) is 4.03. The van der Waals surface area contributed by atoms with Crippen molar-refractivity contribution in [1.82, 2.24) is 10.6 Å². The minimum absolute atomic E-state index is 0.800. The number of benzene rings is 2. The zero-order valence-corrected chi connectivity index (χ0v) is 17.0. The van der Waals surface area contributed by atoms with Gasteiger partial charge in [-0.2, -0.15) is 0 Å². The highest BCUT2D eigenvalue weighted by Gasteiger charge is 1.96. The number of nitrogens with one attached hydrogen (secondary N) is 2. The summed E-state index contributed by atoms with van der Waals surface area (Å²) in [4.78, 5) is 0. The fourth-order valence-corrected chi connectivity index (χ4v) is 3.13. The second-order valence-corrected chi connectivity index (χ2v) is 7.60. The van der Waals surface area contributed by atoms with Gasteiger partial charge in [-0.15, -0.1) is 0 Å². The van der Waals surface area contributed by atoms with Crippen molar-refractivity contribution in [3.8, 4) is 0 Å². The molecule has 0 bridgehead atoms. The molecule has 0 fully saturated rings. The van der Waals surface area contributed by atoms with Crippen LogP contribution in [0.5, 0.6) is 0 Å². The number of halogens is 2.